The normalized spacial score (nSPS) is 23.9. The Morgan fingerprint density at radius 1 is 1.33 bits per heavy atom. The number of carbonyl (C=O) groups is 1. The molecular weight excluding hydrogens is 346 g/mol. The van der Waals surface area contributed by atoms with E-state index in [4.69, 9.17) is 4.74 Å². The number of hydrazone groups is 1. The summed E-state index contributed by atoms with van der Waals surface area (Å²) in [4.78, 5) is 12.1. The van der Waals surface area contributed by atoms with Gasteiger partial charge in [-0.1, -0.05) is 30.3 Å². The second-order valence-corrected chi connectivity index (χ2v) is 7.21. The van der Waals surface area contributed by atoms with E-state index < -0.39 is 11.9 Å². The maximum atomic E-state index is 12.1. The Kier molecular flexibility index (Phi) is 5.38. The first-order valence-corrected chi connectivity index (χ1v) is 9.35. The van der Waals surface area contributed by atoms with Gasteiger partial charge >= 0.3 is 5.97 Å². The van der Waals surface area contributed by atoms with E-state index in [1.807, 2.05) is 0 Å². The molecule has 0 saturated carbocycles. The Bertz CT molecular complexity index is 740. The molecule has 5 N–H and O–H groups in total. The lowest BCUT2D eigenvalue weighted by molar-refractivity contribution is -0.145. The van der Waals surface area contributed by atoms with Crippen LogP contribution in [0.25, 0.3) is 5.57 Å². The van der Waals surface area contributed by atoms with Gasteiger partial charge in [0.15, 0.2) is 0 Å². The number of nitrogens with one attached hydrogen (secondary N) is 4. The molecule has 0 aromatic heterocycles. The summed E-state index contributed by atoms with van der Waals surface area (Å²) in [5.41, 5.74) is 12.0. The maximum Gasteiger partial charge on any atom is 0.307 e. The van der Waals surface area contributed by atoms with Crippen LogP contribution in [0.2, 0.25) is 0 Å². The number of ether oxygens (including phenoxy) is 1. The van der Waals surface area contributed by atoms with Crippen LogP contribution in [0.15, 0.2) is 35.4 Å². The van der Waals surface area contributed by atoms with Crippen molar-refractivity contribution in [2.24, 2.45) is 22.9 Å². The number of carboxylic acid groups (broad SMARTS) is 1. The highest BCUT2D eigenvalue weighted by Crippen LogP contribution is 2.32. The third kappa shape index (κ3) is 3.97. The van der Waals surface area contributed by atoms with Crippen molar-refractivity contribution in [3.05, 3.63) is 41.5 Å². The molecule has 1 saturated heterocycles. The van der Waals surface area contributed by atoms with Gasteiger partial charge < -0.3 is 15.2 Å². The average molecular weight is 371 g/mol. The van der Waals surface area contributed by atoms with Gasteiger partial charge in [-0.3, -0.25) is 10.2 Å². The first-order chi connectivity index (χ1) is 13.2. The van der Waals surface area contributed by atoms with Crippen molar-refractivity contribution >= 4 is 17.4 Å². The van der Waals surface area contributed by atoms with E-state index in [2.05, 4.69) is 57.3 Å². The highest BCUT2D eigenvalue weighted by atomic mass is 16.5. The predicted octanol–water partition coefficient (Wildman–Crippen LogP) is 0.495. The standard InChI is InChI=1S/C19H25N5O3/c25-19(26)17(15-6-8-27-11-15)16(18-21-23-24-22-18)9-12-1-3-13(4-2-12)14-5-7-20-10-14/h1-5,15-17,20,23-24H,6-11H2,(H,21,22)(H,25,26)/t15?,16-,17-/m0/s1. The number of aliphatic carboxylic acids is 1. The SMILES string of the molecule is O=C(O)[C@@H](C1CCOC1)[C@H](Cc1ccc(C2=CCNC2)cc1)C1=NNNN1. The molecule has 8 nitrogen and oxygen atoms in total. The second-order valence-electron chi connectivity index (χ2n) is 7.21. The highest BCUT2D eigenvalue weighted by Gasteiger charge is 2.40. The molecule has 0 aliphatic carbocycles. The Balaban J connectivity index is 1.56. The molecule has 27 heavy (non-hydrogen) atoms. The molecule has 1 unspecified atom stereocenters. The number of hydrogen-bond acceptors (Lipinski definition) is 7. The molecule has 4 rings (SSSR count). The quantitative estimate of drug-likeness (QED) is 0.475. The first kappa shape index (κ1) is 18.0. The minimum Gasteiger partial charge on any atom is -0.481 e. The zero-order valence-electron chi connectivity index (χ0n) is 15.1. The lowest BCUT2D eigenvalue weighted by Crippen LogP contribution is -2.44. The molecule has 0 spiro atoms. The number of hydrazine groups is 2. The summed E-state index contributed by atoms with van der Waals surface area (Å²) in [6.45, 7) is 2.91. The molecule has 144 valence electrons. The van der Waals surface area contributed by atoms with Gasteiger partial charge in [0.2, 0.25) is 0 Å². The van der Waals surface area contributed by atoms with Gasteiger partial charge in [-0.25, -0.2) is 5.53 Å². The van der Waals surface area contributed by atoms with E-state index in [1.165, 1.54) is 11.1 Å². The minimum absolute atomic E-state index is 0.00779. The maximum absolute atomic E-state index is 12.1. The number of amidine groups is 1. The average Bonchev–Trinajstić information content (AvgIpc) is 3.43. The molecule has 3 heterocycles. The Labute approximate surface area is 158 Å². The van der Waals surface area contributed by atoms with Crippen molar-refractivity contribution in [1.82, 2.24) is 21.8 Å². The van der Waals surface area contributed by atoms with Crippen LogP contribution in [0.4, 0.5) is 0 Å². The van der Waals surface area contributed by atoms with E-state index >= 15 is 0 Å². The number of rotatable bonds is 7. The molecule has 0 radical (unpaired) electrons. The molecule has 0 amide bonds. The molecule has 3 aliphatic heterocycles. The van der Waals surface area contributed by atoms with Crippen LogP contribution >= 0.6 is 0 Å². The molecule has 1 aromatic rings. The van der Waals surface area contributed by atoms with E-state index in [0.29, 0.717) is 25.5 Å². The monoisotopic (exact) mass is 371 g/mol. The number of hydrogen-bond donors (Lipinski definition) is 5. The summed E-state index contributed by atoms with van der Waals surface area (Å²) in [5, 5.41) is 17.5. The zero-order chi connectivity index (χ0) is 18.6. The van der Waals surface area contributed by atoms with Crippen LogP contribution in [-0.2, 0) is 16.0 Å². The van der Waals surface area contributed by atoms with Crippen LogP contribution in [0, 0.1) is 17.8 Å². The van der Waals surface area contributed by atoms with Crippen LogP contribution in [0.1, 0.15) is 17.5 Å². The highest BCUT2D eigenvalue weighted by molar-refractivity contribution is 5.89. The van der Waals surface area contributed by atoms with E-state index in [-0.39, 0.29) is 11.8 Å². The number of nitrogens with zero attached hydrogens (tertiary/aromatic N) is 1. The van der Waals surface area contributed by atoms with Crippen molar-refractivity contribution in [3.63, 3.8) is 0 Å². The van der Waals surface area contributed by atoms with Crippen LogP contribution in [0.3, 0.4) is 0 Å². The van der Waals surface area contributed by atoms with Crippen molar-refractivity contribution in [2.75, 3.05) is 26.3 Å². The number of benzene rings is 1. The molecule has 3 aliphatic rings. The summed E-state index contributed by atoms with van der Waals surface area (Å²) >= 11 is 0. The fraction of sp³-hybridized carbons (Fsp3) is 0.474. The number of carboxylic acids is 1. The van der Waals surface area contributed by atoms with Gasteiger partial charge in [0.05, 0.1) is 12.5 Å². The second kappa shape index (κ2) is 8.08. The summed E-state index contributed by atoms with van der Waals surface area (Å²) < 4.78 is 5.46. The van der Waals surface area contributed by atoms with Gasteiger partial charge in [0.1, 0.15) is 5.84 Å². The van der Waals surface area contributed by atoms with Gasteiger partial charge in [0, 0.05) is 25.6 Å². The summed E-state index contributed by atoms with van der Waals surface area (Å²) in [6.07, 6.45) is 3.56. The van der Waals surface area contributed by atoms with Gasteiger partial charge in [-0.05, 0) is 35.5 Å². The van der Waals surface area contributed by atoms with Gasteiger partial charge in [0.25, 0.3) is 0 Å². The molecule has 8 heteroatoms. The first-order valence-electron chi connectivity index (χ1n) is 9.35. The minimum atomic E-state index is -0.800. The van der Waals surface area contributed by atoms with Crippen molar-refractivity contribution in [2.45, 2.75) is 12.8 Å². The summed E-state index contributed by atoms with van der Waals surface area (Å²) in [5.74, 6) is -1.00. The third-order valence-corrected chi connectivity index (χ3v) is 5.55. The van der Waals surface area contributed by atoms with E-state index in [9.17, 15) is 9.90 Å². The predicted molar refractivity (Wildman–Crippen MR) is 101 cm³/mol. The zero-order valence-corrected chi connectivity index (χ0v) is 15.1. The van der Waals surface area contributed by atoms with Crippen LogP contribution < -0.4 is 21.8 Å². The van der Waals surface area contributed by atoms with E-state index in [1.54, 1.807) is 0 Å². The molecule has 0 bridgehead atoms. The lowest BCUT2D eigenvalue weighted by Gasteiger charge is -2.27. The fourth-order valence-electron chi connectivity index (χ4n) is 4.12. The lowest BCUT2D eigenvalue weighted by atomic mass is 9.77. The van der Waals surface area contributed by atoms with Crippen LogP contribution in [0.5, 0.6) is 0 Å². The Hall–Kier alpha value is -2.42. The van der Waals surface area contributed by atoms with Crippen molar-refractivity contribution in [3.8, 4) is 0 Å². The van der Waals surface area contributed by atoms with Gasteiger partial charge in [-0.2, -0.15) is 0 Å². The molecular formula is C19H25N5O3. The topological polar surface area (TPSA) is 107 Å². The Morgan fingerprint density at radius 3 is 2.78 bits per heavy atom. The Morgan fingerprint density at radius 2 is 2.19 bits per heavy atom. The molecule has 3 atom stereocenters. The van der Waals surface area contributed by atoms with E-state index in [0.717, 1.165) is 25.1 Å². The summed E-state index contributed by atoms with van der Waals surface area (Å²) in [7, 11) is 0. The largest absolute Gasteiger partial charge is 0.481 e. The van der Waals surface area contributed by atoms with Crippen molar-refractivity contribution < 1.29 is 14.6 Å². The smallest absolute Gasteiger partial charge is 0.307 e. The summed E-state index contributed by atoms with van der Waals surface area (Å²) in [6, 6.07) is 8.39. The van der Waals surface area contributed by atoms with Gasteiger partial charge in [-0.15, -0.1) is 10.6 Å². The van der Waals surface area contributed by atoms with Crippen LogP contribution in [-0.4, -0.2) is 43.2 Å². The van der Waals surface area contributed by atoms with Crippen molar-refractivity contribution in [1.29, 1.82) is 0 Å². The third-order valence-electron chi connectivity index (χ3n) is 5.55. The fourth-order valence-corrected chi connectivity index (χ4v) is 4.12. The molecule has 1 aromatic carbocycles. The molecule has 1 fully saturated rings.